The lowest BCUT2D eigenvalue weighted by Gasteiger charge is -2.16. The Morgan fingerprint density at radius 1 is 1.05 bits per heavy atom. The second kappa shape index (κ2) is 13.2. The minimum absolute atomic E-state index is 0.248. The van der Waals surface area contributed by atoms with Crippen molar-refractivity contribution in [2.45, 2.75) is 43.9 Å². The Balaban J connectivity index is 0.978. The number of aliphatic hydroxyl groups is 2. The van der Waals surface area contributed by atoms with Gasteiger partial charge in [-0.25, -0.2) is 19.6 Å². The molecule has 1 aliphatic heterocycles. The van der Waals surface area contributed by atoms with Crippen LogP contribution in [0.3, 0.4) is 0 Å². The number of nitrogen functional groups attached to an aromatic ring is 1. The Morgan fingerprint density at radius 2 is 1.88 bits per heavy atom. The average molecular weight is 553 g/mol. The third-order valence-electron chi connectivity index (χ3n) is 6.95. The van der Waals surface area contributed by atoms with Crippen molar-refractivity contribution in [3.63, 3.8) is 0 Å². The number of aliphatic hydroxyl groups excluding tert-OH is 2. The molecule has 0 radical (unpaired) electrons. The summed E-state index contributed by atoms with van der Waals surface area (Å²) in [6, 6.07) is 8.39. The summed E-state index contributed by atoms with van der Waals surface area (Å²) in [5, 5.41) is 36.2. The summed E-state index contributed by atoms with van der Waals surface area (Å²) >= 11 is 0. The van der Waals surface area contributed by atoms with Gasteiger partial charge in [0.25, 0.3) is 0 Å². The number of nitrogens with zero attached hydrogens (tertiary/aromatic N) is 7. The summed E-state index contributed by atoms with van der Waals surface area (Å²) in [7, 11) is 1.67. The normalized spacial score (nSPS) is 21.0. The molecule has 1 saturated heterocycles. The van der Waals surface area contributed by atoms with Crippen LogP contribution in [0.25, 0.3) is 22.4 Å². The Kier molecular flexibility index (Phi) is 9.26. The van der Waals surface area contributed by atoms with Crippen LogP contribution in [0.4, 0.5) is 5.82 Å². The number of imidazole rings is 1. The van der Waals surface area contributed by atoms with Crippen LogP contribution in [0.5, 0.6) is 0 Å². The van der Waals surface area contributed by atoms with Crippen molar-refractivity contribution in [1.82, 2.24) is 45.1 Å². The molecule has 1 aromatic carbocycles. The SMILES string of the molecule is COCCn1cc(-c2ccc(CCNCCCNC[C@H]3O[C@@H](n4cnc5c(N)ncnc54)[C@H](O)[C@@H]3O)cc2)nn1. The molecule has 0 amide bonds. The monoisotopic (exact) mass is 552 g/mol. The van der Waals surface area contributed by atoms with Crippen LogP contribution in [0.15, 0.2) is 43.1 Å². The number of rotatable bonds is 14. The zero-order chi connectivity index (χ0) is 27.9. The fraction of sp³-hybridized carbons (Fsp3) is 0.500. The fourth-order valence-corrected chi connectivity index (χ4v) is 4.69. The van der Waals surface area contributed by atoms with Gasteiger partial charge in [0.15, 0.2) is 17.7 Å². The first-order valence-electron chi connectivity index (χ1n) is 13.4. The molecule has 1 fully saturated rings. The number of nitrogens with one attached hydrogen (secondary N) is 2. The predicted molar refractivity (Wildman–Crippen MR) is 147 cm³/mol. The molecule has 6 N–H and O–H groups in total. The molecule has 0 aliphatic carbocycles. The predicted octanol–water partition coefficient (Wildman–Crippen LogP) is -0.255. The fourth-order valence-electron chi connectivity index (χ4n) is 4.69. The summed E-state index contributed by atoms with van der Waals surface area (Å²) in [5.41, 5.74) is 9.86. The number of fused-ring (bicyclic) bond motifs is 1. The van der Waals surface area contributed by atoms with Gasteiger partial charge < -0.3 is 36.1 Å². The highest BCUT2D eigenvalue weighted by Gasteiger charge is 2.44. The quantitative estimate of drug-likeness (QED) is 0.129. The van der Waals surface area contributed by atoms with Crippen molar-refractivity contribution in [2.75, 3.05) is 45.6 Å². The Labute approximate surface area is 231 Å². The number of hydrogen-bond donors (Lipinski definition) is 5. The number of anilines is 1. The van der Waals surface area contributed by atoms with Crippen LogP contribution in [0.1, 0.15) is 18.2 Å². The topological polar surface area (TPSA) is 183 Å². The molecule has 0 unspecified atom stereocenters. The molecule has 5 rings (SSSR count). The first kappa shape index (κ1) is 28.0. The lowest BCUT2D eigenvalue weighted by Crippen LogP contribution is -2.38. The van der Waals surface area contributed by atoms with Crippen LogP contribution in [-0.2, 0) is 22.4 Å². The number of aromatic nitrogens is 7. The van der Waals surface area contributed by atoms with Crippen molar-refractivity contribution in [3.8, 4) is 11.3 Å². The van der Waals surface area contributed by atoms with Crippen LogP contribution >= 0.6 is 0 Å². The van der Waals surface area contributed by atoms with E-state index in [-0.39, 0.29) is 5.82 Å². The second-order valence-electron chi connectivity index (χ2n) is 9.74. The van der Waals surface area contributed by atoms with Gasteiger partial charge in [0.1, 0.15) is 35.8 Å². The maximum Gasteiger partial charge on any atom is 0.167 e. The van der Waals surface area contributed by atoms with E-state index in [9.17, 15) is 10.2 Å². The van der Waals surface area contributed by atoms with Gasteiger partial charge in [-0.1, -0.05) is 29.5 Å². The first-order valence-corrected chi connectivity index (χ1v) is 13.4. The largest absolute Gasteiger partial charge is 0.387 e. The van der Waals surface area contributed by atoms with Crippen LogP contribution < -0.4 is 16.4 Å². The maximum absolute atomic E-state index is 10.6. The second-order valence-corrected chi connectivity index (χ2v) is 9.74. The lowest BCUT2D eigenvalue weighted by atomic mass is 10.1. The molecule has 14 nitrogen and oxygen atoms in total. The molecule has 4 heterocycles. The van der Waals surface area contributed by atoms with Crippen molar-refractivity contribution < 1.29 is 19.7 Å². The van der Waals surface area contributed by atoms with Crippen molar-refractivity contribution in [1.29, 1.82) is 0 Å². The van der Waals surface area contributed by atoms with Crippen LogP contribution in [0.2, 0.25) is 0 Å². The van der Waals surface area contributed by atoms with Gasteiger partial charge in [0.2, 0.25) is 0 Å². The van der Waals surface area contributed by atoms with Gasteiger partial charge in [-0.2, -0.15) is 0 Å². The molecular weight excluding hydrogens is 516 g/mol. The number of ether oxygens (including phenoxy) is 2. The molecule has 40 heavy (non-hydrogen) atoms. The Bertz CT molecular complexity index is 1360. The third-order valence-corrected chi connectivity index (χ3v) is 6.95. The summed E-state index contributed by atoms with van der Waals surface area (Å²) < 4.78 is 14.4. The Hall–Kier alpha value is -3.53. The highest BCUT2D eigenvalue weighted by Crippen LogP contribution is 2.31. The smallest absolute Gasteiger partial charge is 0.167 e. The number of hydrogen-bond acceptors (Lipinski definition) is 12. The zero-order valence-electron chi connectivity index (χ0n) is 22.4. The van der Waals surface area contributed by atoms with E-state index in [1.807, 2.05) is 6.20 Å². The van der Waals surface area contributed by atoms with E-state index < -0.39 is 24.5 Å². The van der Waals surface area contributed by atoms with E-state index in [0.717, 1.165) is 43.7 Å². The van der Waals surface area contributed by atoms with Crippen LogP contribution in [0, 0.1) is 0 Å². The standard InChI is InChI=1S/C26H36N10O4/c1-39-12-11-35-14-19(33-34-35)18-5-3-17(4-6-18)7-10-28-8-2-9-29-13-20-22(37)23(38)26(40-20)36-16-32-21-24(27)30-15-31-25(21)36/h3-6,14-16,20,22-23,26,28-29,37-38H,2,7-13H2,1H3,(H2,27,30,31)/t20-,22-,23-,26-/m1/s1. The molecule has 214 valence electrons. The molecule has 14 heteroatoms. The van der Waals surface area contributed by atoms with Gasteiger partial charge in [0.05, 0.1) is 25.7 Å². The molecule has 0 saturated carbocycles. The molecule has 1 aliphatic rings. The lowest BCUT2D eigenvalue weighted by molar-refractivity contribution is -0.0341. The molecule has 0 bridgehead atoms. The molecule has 4 atom stereocenters. The van der Waals surface area contributed by atoms with Crippen LogP contribution in [-0.4, -0.2) is 103 Å². The number of nitrogens with two attached hydrogens (primary N) is 1. The van der Waals surface area contributed by atoms with E-state index in [1.54, 1.807) is 16.4 Å². The number of methoxy groups -OCH3 is 1. The average Bonchev–Trinajstić information content (AvgIpc) is 3.69. The number of benzene rings is 1. The van der Waals surface area contributed by atoms with Gasteiger partial charge in [-0.15, -0.1) is 5.10 Å². The zero-order valence-corrected chi connectivity index (χ0v) is 22.4. The maximum atomic E-state index is 10.6. The van der Waals surface area contributed by atoms with E-state index in [0.29, 0.717) is 30.9 Å². The van der Waals surface area contributed by atoms with Gasteiger partial charge in [-0.05, 0) is 38.0 Å². The van der Waals surface area contributed by atoms with E-state index in [1.165, 1.54) is 18.2 Å². The molecule has 4 aromatic rings. The molecular formula is C26H36N10O4. The van der Waals surface area contributed by atoms with E-state index >= 15 is 0 Å². The highest BCUT2D eigenvalue weighted by atomic mass is 16.6. The van der Waals surface area contributed by atoms with Gasteiger partial charge in [-0.3, -0.25) is 4.57 Å². The van der Waals surface area contributed by atoms with Crippen molar-refractivity contribution in [3.05, 3.63) is 48.7 Å². The summed E-state index contributed by atoms with van der Waals surface area (Å²) in [5.74, 6) is 0.248. The summed E-state index contributed by atoms with van der Waals surface area (Å²) in [4.78, 5) is 12.3. The minimum atomic E-state index is -1.12. The van der Waals surface area contributed by atoms with E-state index in [4.69, 9.17) is 15.2 Å². The van der Waals surface area contributed by atoms with Gasteiger partial charge in [0, 0.05) is 19.2 Å². The molecule has 0 spiro atoms. The summed E-state index contributed by atoms with van der Waals surface area (Å²) in [6.07, 6.45) is 3.04. The highest BCUT2D eigenvalue weighted by molar-refractivity contribution is 5.81. The third kappa shape index (κ3) is 6.43. The Morgan fingerprint density at radius 3 is 2.70 bits per heavy atom. The first-order chi connectivity index (χ1) is 19.5. The van der Waals surface area contributed by atoms with Crippen molar-refractivity contribution >= 4 is 17.0 Å². The van der Waals surface area contributed by atoms with Crippen molar-refractivity contribution in [2.24, 2.45) is 0 Å². The van der Waals surface area contributed by atoms with Gasteiger partial charge >= 0.3 is 0 Å². The minimum Gasteiger partial charge on any atom is -0.387 e. The molecule has 3 aromatic heterocycles. The van der Waals surface area contributed by atoms with E-state index in [2.05, 4.69) is 60.2 Å². The summed E-state index contributed by atoms with van der Waals surface area (Å²) in [6.45, 7) is 4.17.